The van der Waals surface area contributed by atoms with Gasteiger partial charge in [0.25, 0.3) is 5.91 Å². The van der Waals surface area contributed by atoms with Crippen molar-refractivity contribution < 1.29 is 14.3 Å². The summed E-state index contributed by atoms with van der Waals surface area (Å²) in [4.78, 5) is 29.0. The number of para-hydroxylation sites is 1. The Bertz CT molecular complexity index is 710. The quantitative estimate of drug-likeness (QED) is 0.757. The average molecular weight is 359 g/mol. The first kappa shape index (κ1) is 18.8. The number of carbonyl (C=O) groups is 2. The fraction of sp³-hybridized carbons (Fsp3) is 0.278. The summed E-state index contributed by atoms with van der Waals surface area (Å²) in [6.07, 6.45) is 5.68. The molecule has 1 heterocycles. The van der Waals surface area contributed by atoms with Crippen LogP contribution in [0.1, 0.15) is 16.8 Å². The highest BCUT2D eigenvalue weighted by molar-refractivity contribution is 7.98. The number of nitrogens with one attached hydrogen (secondary N) is 2. The lowest BCUT2D eigenvalue weighted by molar-refractivity contribution is -0.118. The van der Waals surface area contributed by atoms with Crippen LogP contribution < -0.4 is 15.4 Å². The highest BCUT2D eigenvalue weighted by atomic mass is 32.2. The summed E-state index contributed by atoms with van der Waals surface area (Å²) in [6.45, 7) is 0. The zero-order valence-electron chi connectivity index (χ0n) is 14.2. The lowest BCUT2D eigenvalue weighted by atomic mass is 10.1. The number of benzene rings is 1. The number of carbonyl (C=O) groups excluding carboxylic acids is 2. The van der Waals surface area contributed by atoms with Gasteiger partial charge in [-0.2, -0.15) is 11.8 Å². The largest absolute Gasteiger partial charge is 0.496 e. The molecule has 0 aliphatic rings. The molecule has 0 bridgehead atoms. The van der Waals surface area contributed by atoms with Crippen LogP contribution in [0.15, 0.2) is 48.8 Å². The second-order valence-electron chi connectivity index (χ2n) is 5.23. The van der Waals surface area contributed by atoms with Crippen molar-refractivity contribution in [3.63, 3.8) is 0 Å². The number of rotatable bonds is 8. The SMILES string of the molecule is COc1ccccc1C(=O)NC(CCSC)C(=O)Nc1ccncc1. The summed E-state index contributed by atoms with van der Waals surface area (Å²) in [6, 6.07) is 9.68. The minimum atomic E-state index is -0.641. The highest BCUT2D eigenvalue weighted by Crippen LogP contribution is 2.17. The van der Waals surface area contributed by atoms with Crippen molar-refractivity contribution in [1.29, 1.82) is 0 Å². The molecule has 0 spiro atoms. The van der Waals surface area contributed by atoms with Gasteiger partial charge in [-0.15, -0.1) is 0 Å². The number of thioether (sulfide) groups is 1. The molecule has 0 aliphatic carbocycles. The number of amides is 2. The van der Waals surface area contributed by atoms with Crippen LogP contribution in [0.4, 0.5) is 5.69 Å². The monoisotopic (exact) mass is 359 g/mol. The van der Waals surface area contributed by atoms with Gasteiger partial charge < -0.3 is 15.4 Å². The van der Waals surface area contributed by atoms with Gasteiger partial charge in [0.05, 0.1) is 12.7 Å². The molecular weight excluding hydrogens is 338 g/mol. The van der Waals surface area contributed by atoms with E-state index in [4.69, 9.17) is 4.74 Å². The maximum absolute atomic E-state index is 12.6. The van der Waals surface area contributed by atoms with E-state index >= 15 is 0 Å². The molecule has 132 valence electrons. The Hall–Kier alpha value is -2.54. The van der Waals surface area contributed by atoms with Crippen molar-refractivity contribution in [2.24, 2.45) is 0 Å². The normalized spacial score (nSPS) is 11.4. The number of nitrogens with zero attached hydrogens (tertiary/aromatic N) is 1. The first-order chi connectivity index (χ1) is 12.2. The van der Waals surface area contributed by atoms with Crippen LogP contribution in [0, 0.1) is 0 Å². The number of methoxy groups -OCH3 is 1. The number of ether oxygens (including phenoxy) is 1. The lowest BCUT2D eigenvalue weighted by Crippen LogP contribution is -2.44. The molecule has 0 saturated carbocycles. The van der Waals surface area contributed by atoms with E-state index in [0.29, 0.717) is 23.4 Å². The van der Waals surface area contributed by atoms with Crippen LogP contribution in [0.3, 0.4) is 0 Å². The smallest absolute Gasteiger partial charge is 0.255 e. The van der Waals surface area contributed by atoms with Crippen LogP contribution >= 0.6 is 11.8 Å². The van der Waals surface area contributed by atoms with Crippen molar-refractivity contribution >= 4 is 29.3 Å². The van der Waals surface area contributed by atoms with Crippen molar-refractivity contribution in [3.05, 3.63) is 54.4 Å². The molecule has 6 nitrogen and oxygen atoms in total. The van der Waals surface area contributed by atoms with Crippen LogP contribution in [-0.4, -0.2) is 42.0 Å². The van der Waals surface area contributed by atoms with Crippen molar-refractivity contribution in [2.45, 2.75) is 12.5 Å². The van der Waals surface area contributed by atoms with Crippen LogP contribution in [0.25, 0.3) is 0 Å². The number of aromatic nitrogens is 1. The molecule has 0 fully saturated rings. The predicted molar refractivity (Wildman–Crippen MR) is 100 cm³/mol. The molecule has 1 aromatic heterocycles. The van der Waals surface area contributed by atoms with Crippen molar-refractivity contribution in [3.8, 4) is 5.75 Å². The molecule has 0 saturated heterocycles. The van der Waals surface area contributed by atoms with Gasteiger partial charge in [0.15, 0.2) is 0 Å². The maximum atomic E-state index is 12.6. The third kappa shape index (κ3) is 5.49. The molecule has 2 amide bonds. The van der Waals surface area contributed by atoms with E-state index in [0.717, 1.165) is 5.75 Å². The summed E-state index contributed by atoms with van der Waals surface area (Å²) < 4.78 is 5.21. The molecule has 25 heavy (non-hydrogen) atoms. The summed E-state index contributed by atoms with van der Waals surface area (Å²) in [5, 5.41) is 5.61. The second kappa shape index (κ2) is 9.68. The second-order valence-corrected chi connectivity index (χ2v) is 6.22. The number of anilines is 1. The van der Waals surface area contributed by atoms with E-state index in [2.05, 4.69) is 15.6 Å². The summed E-state index contributed by atoms with van der Waals surface area (Å²) in [5.41, 5.74) is 1.04. The molecule has 2 N–H and O–H groups in total. The summed E-state index contributed by atoms with van der Waals surface area (Å²) >= 11 is 1.62. The fourth-order valence-electron chi connectivity index (χ4n) is 2.24. The Morgan fingerprint density at radius 2 is 1.92 bits per heavy atom. The van der Waals surface area contributed by atoms with Crippen molar-refractivity contribution in [2.75, 3.05) is 24.4 Å². The molecule has 2 aromatic rings. The molecule has 1 atom stereocenters. The van der Waals surface area contributed by atoms with Gasteiger partial charge in [0.1, 0.15) is 11.8 Å². The van der Waals surface area contributed by atoms with Crippen LogP contribution in [0.2, 0.25) is 0 Å². The van der Waals surface area contributed by atoms with Gasteiger partial charge in [0.2, 0.25) is 5.91 Å². The lowest BCUT2D eigenvalue weighted by Gasteiger charge is -2.19. The number of hydrogen-bond donors (Lipinski definition) is 2. The molecule has 1 aromatic carbocycles. The summed E-state index contributed by atoms with van der Waals surface area (Å²) in [5.74, 6) is 0.621. The van der Waals surface area contributed by atoms with Gasteiger partial charge in [-0.05, 0) is 42.7 Å². The van der Waals surface area contributed by atoms with Crippen LogP contribution in [0.5, 0.6) is 5.75 Å². The molecule has 2 rings (SSSR count). The number of pyridine rings is 1. The summed E-state index contributed by atoms with van der Waals surface area (Å²) in [7, 11) is 1.51. The Balaban J connectivity index is 2.11. The van der Waals surface area contributed by atoms with Gasteiger partial charge >= 0.3 is 0 Å². The maximum Gasteiger partial charge on any atom is 0.255 e. The van der Waals surface area contributed by atoms with Crippen molar-refractivity contribution in [1.82, 2.24) is 10.3 Å². The average Bonchev–Trinajstić information content (AvgIpc) is 2.65. The third-order valence-corrected chi connectivity index (χ3v) is 4.18. The Morgan fingerprint density at radius 3 is 2.60 bits per heavy atom. The van der Waals surface area contributed by atoms with Gasteiger partial charge in [-0.1, -0.05) is 12.1 Å². The number of hydrogen-bond acceptors (Lipinski definition) is 5. The molecule has 7 heteroatoms. The van der Waals surface area contributed by atoms with E-state index in [1.807, 2.05) is 6.26 Å². The topological polar surface area (TPSA) is 80.3 Å². The molecule has 0 radical (unpaired) electrons. The highest BCUT2D eigenvalue weighted by Gasteiger charge is 2.22. The predicted octanol–water partition coefficient (Wildman–Crippen LogP) is 2.58. The van der Waals surface area contributed by atoms with E-state index in [1.54, 1.807) is 60.6 Å². The van der Waals surface area contributed by atoms with Gasteiger partial charge in [0, 0.05) is 18.1 Å². The molecular formula is C18H21N3O3S. The fourth-order valence-corrected chi connectivity index (χ4v) is 2.71. The Kier molecular flexibility index (Phi) is 7.28. The van der Waals surface area contributed by atoms with E-state index in [-0.39, 0.29) is 11.8 Å². The minimum absolute atomic E-state index is 0.261. The van der Waals surface area contributed by atoms with Gasteiger partial charge in [-0.3, -0.25) is 14.6 Å². The minimum Gasteiger partial charge on any atom is -0.496 e. The standard InChI is InChI=1S/C18H21N3O3S/c1-24-16-6-4-3-5-14(16)17(22)21-15(9-12-25-2)18(23)20-13-7-10-19-11-8-13/h3-8,10-11,15H,9,12H2,1-2H3,(H,21,22)(H,19,20,23). The molecule has 0 aliphatic heterocycles. The first-order valence-corrected chi connectivity index (χ1v) is 9.18. The van der Waals surface area contributed by atoms with E-state index < -0.39 is 6.04 Å². The first-order valence-electron chi connectivity index (χ1n) is 7.79. The zero-order valence-corrected chi connectivity index (χ0v) is 15.0. The molecule has 1 unspecified atom stereocenters. The van der Waals surface area contributed by atoms with Gasteiger partial charge in [-0.25, -0.2) is 0 Å². The Morgan fingerprint density at radius 1 is 1.20 bits per heavy atom. The van der Waals surface area contributed by atoms with E-state index in [9.17, 15) is 9.59 Å². The Labute approximate surface area is 151 Å². The third-order valence-electron chi connectivity index (χ3n) is 3.53. The van der Waals surface area contributed by atoms with Crippen LogP contribution in [-0.2, 0) is 4.79 Å². The zero-order chi connectivity index (χ0) is 18.1. The van der Waals surface area contributed by atoms with E-state index in [1.165, 1.54) is 7.11 Å².